The number of thiophene rings is 1. The minimum atomic E-state index is -2.67. The molecular formula is C24H23BrFN4O3PS. The van der Waals surface area contributed by atoms with Crippen molar-refractivity contribution in [1.82, 2.24) is 9.34 Å². The molecule has 7 nitrogen and oxygen atoms in total. The van der Waals surface area contributed by atoms with Crippen LogP contribution in [0.3, 0.4) is 0 Å². The third-order valence-electron chi connectivity index (χ3n) is 5.90. The highest BCUT2D eigenvalue weighted by molar-refractivity contribution is 9.10. The van der Waals surface area contributed by atoms with E-state index in [4.69, 9.17) is 19.2 Å². The topological polar surface area (TPSA) is 66.7 Å². The maximum Gasteiger partial charge on any atom is 0.348 e. The molecule has 5 rings (SSSR count). The standard InChI is InChI=1S/C24H23BrFN4O3PS/c1-29-22(16-3-7-18(26)8-4-16)27-23-20(15-21(35-23)24(31)32-2)34(29,30-11-13-33-14-12-30)28-19-9-5-17(25)6-10-19/h3-10,15H,11-14H2,1-2H3/t34-/m0/s1. The smallest absolute Gasteiger partial charge is 0.348 e. The van der Waals surface area contributed by atoms with Gasteiger partial charge in [0.1, 0.15) is 21.5 Å². The Morgan fingerprint density at radius 2 is 1.86 bits per heavy atom. The molecule has 0 spiro atoms. The van der Waals surface area contributed by atoms with Crippen LogP contribution >= 0.6 is 34.6 Å². The predicted molar refractivity (Wildman–Crippen MR) is 141 cm³/mol. The summed E-state index contributed by atoms with van der Waals surface area (Å²) in [5.74, 6) is -0.0443. The number of rotatable bonds is 4. The summed E-state index contributed by atoms with van der Waals surface area (Å²) in [6.45, 7) is 2.52. The van der Waals surface area contributed by atoms with Crippen molar-refractivity contribution in [2.45, 2.75) is 0 Å². The van der Waals surface area contributed by atoms with E-state index in [-0.39, 0.29) is 5.82 Å². The fourth-order valence-corrected chi connectivity index (χ4v) is 9.50. The number of hydrogen-bond acceptors (Lipinski definition) is 6. The number of nitrogens with zero attached hydrogens (tertiary/aromatic N) is 4. The van der Waals surface area contributed by atoms with E-state index >= 15 is 0 Å². The van der Waals surface area contributed by atoms with Crippen molar-refractivity contribution in [3.8, 4) is 0 Å². The van der Waals surface area contributed by atoms with Gasteiger partial charge in [0.25, 0.3) is 0 Å². The third kappa shape index (κ3) is 4.49. The normalized spacial score (nSPS) is 20.2. The fraction of sp³-hybridized carbons (Fsp3) is 0.250. The van der Waals surface area contributed by atoms with Crippen molar-refractivity contribution in [3.63, 3.8) is 0 Å². The van der Waals surface area contributed by atoms with Crippen LogP contribution in [0.2, 0.25) is 0 Å². The second-order valence-corrected chi connectivity index (χ2v) is 12.9. The Morgan fingerprint density at radius 1 is 1.17 bits per heavy atom. The fourth-order valence-electron chi connectivity index (χ4n) is 4.21. The highest BCUT2D eigenvalue weighted by Gasteiger charge is 2.43. The number of esters is 1. The Balaban J connectivity index is 1.80. The van der Waals surface area contributed by atoms with Crippen LogP contribution in [0.15, 0.2) is 68.8 Å². The molecule has 0 unspecified atom stereocenters. The number of ether oxygens (including phenoxy) is 2. The number of amidine groups is 1. The van der Waals surface area contributed by atoms with E-state index in [0.717, 1.165) is 21.0 Å². The highest BCUT2D eigenvalue weighted by Crippen LogP contribution is 2.62. The lowest BCUT2D eigenvalue weighted by molar-refractivity contribution is 0.0606. The molecule has 3 heterocycles. The molecule has 35 heavy (non-hydrogen) atoms. The SMILES string of the molecule is COC(=O)c1cc2c(s1)N=C(c1ccc(F)cc1)N(C)[P@]2(=Nc1ccc(Br)cc1)N1CCOCC1. The number of halogens is 2. The van der Waals surface area contributed by atoms with Crippen LogP contribution in [0.25, 0.3) is 0 Å². The van der Waals surface area contributed by atoms with Crippen molar-refractivity contribution in [2.24, 2.45) is 9.74 Å². The van der Waals surface area contributed by atoms with E-state index in [1.54, 1.807) is 12.1 Å². The molecule has 3 aromatic rings. The Kier molecular flexibility index (Phi) is 6.92. The molecule has 0 saturated carbocycles. The number of hydrogen-bond donors (Lipinski definition) is 0. The lowest BCUT2D eigenvalue weighted by Gasteiger charge is -2.46. The van der Waals surface area contributed by atoms with Gasteiger partial charge in [-0.1, -0.05) is 15.9 Å². The summed E-state index contributed by atoms with van der Waals surface area (Å²) in [4.78, 5) is 17.9. The molecule has 0 amide bonds. The minimum Gasteiger partial charge on any atom is -0.465 e. The van der Waals surface area contributed by atoms with Gasteiger partial charge in [0.05, 0.1) is 31.3 Å². The van der Waals surface area contributed by atoms with Crippen LogP contribution in [0.1, 0.15) is 15.2 Å². The highest BCUT2D eigenvalue weighted by atomic mass is 79.9. The average molecular weight is 577 g/mol. The monoisotopic (exact) mass is 576 g/mol. The molecule has 0 radical (unpaired) electrons. The van der Waals surface area contributed by atoms with Crippen molar-refractivity contribution in [3.05, 3.63) is 75.3 Å². The van der Waals surface area contributed by atoms with Crippen LogP contribution in [0, 0.1) is 5.82 Å². The van der Waals surface area contributed by atoms with Crippen molar-refractivity contribution < 1.29 is 18.7 Å². The molecule has 2 aliphatic rings. The Labute approximate surface area is 215 Å². The molecule has 1 atom stereocenters. The molecule has 1 fully saturated rings. The summed E-state index contributed by atoms with van der Waals surface area (Å²) in [7, 11) is 0.678. The second kappa shape index (κ2) is 9.95. The van der Waals surface area contributed by atoms with Gasteiger partial charge in [-0.15, -0.1) is 11.3 Å². The van der Waals surface area contributed by atoms with Gasteiger partial charge in [-0.05, 0) is 54.6 Å². The predicted octanol–water partition coefficient (Wildman–Crippen LogP) is 5.78. The summed E-state index contributed by atoms with van der Waals surface area (Å²) < 4.78 is 35.3. The Hall–Kier alpha value is -2.36. The summed E-state index contributed by atoms with van der Waals surface area (Å²) in [5, 5.41) is 1.62. The number of morpholine rings is 1. The number of fused-ring (bicyclic) bond motifs is 1. The Morgan fingerprint density at radius 3 is 2.51 bits per heavy atom. The summed E-state index contributed by atoms with van der Waals surface area (Å²) in [6, 6.07) is 16.0. The molecule has 182 valence electrons. The van der Waals surface area contributed by atoms with Crippen LogP contribution in [-0.4, -0.2) is 61.6 Å². The number of carbonyl (C=O) groups excluding carboxylic acids is 1. The quantitative estimate of drug-likeness (QED) is 0.291. The molecule has 0 bridgehead atoms. The molecule has 0 aliphatic carbocycles. The molecule has 0 N–H and O–H groups in total. The molecule has 2 aromatic carbocycles. The second-order valence-electron chi connectivity index (χ2n) is 7.97. The lowest BCUT2D eigenvalue weighted by Crippen LogP contribution is -2.45. The molecule has 11 heteroatoms. The molecular weight excluding hydrogens is 554 g/mol. The van der Waals surface area contributed by atoms with Gasteiger partial charge in [0, 0.05) is 30.2 Å². The number of aliphatic imine (C=N–C) groups is 1. The van der Waals surface area contributed by atoms with E-state index in [1.807, 2.05) is 37.4 Å². The van der Waals surface area contributed by atoms with Gasteiger partial charge in [-0.3, -0.25) is 0 Å². The molecule has 1 saturated heterocycles. The maximum atomic E-state index is 13.7. The van der Waals surface area contributed by atoms with Crippen LogP contribution < -0.4 is 5.30 Å². The van der Waals surface area contributed by atoms with Gasteiger partial charge in [0.15, 0.2) is 7.36 Å². The van der Waals surface area contributed by atoms with E-state index in [1.165, 1.54) is 30.6 Å². The zero-order chi connectivity index (χ0) is 24.6. The zero-order valence-corrected chi connectivity index (χ0v) is 22.4. The average Bonchev–Trinajstić information content (AvgIpc) is 3.32. The van der Waals surface area contributed by atoms with Crippen molar-refractivity contribution in [1.29, 1.82) is 0 Å². The first-order valence-corrected chi connectivity index (χ1v) is 14.2. The summed E-state index contributed by atoms with van der Waals surface area (Å²) in [5.41, 5.74) is 1.59. The largest absolute Gasteiger partial charge is 0.465 e. The van der Waals surface area contributed by atoms with Gasteiger partial charge >= 0.3 is 5.97 Å². The van der Waals surface area contributed by atoms with Crippen LogP contribution in [-0.2, 0) is 9.47 Å². The number of benzene rings is 2. The van der Waals surface area contributed by atoms with E-state index in [2.05, 4.69) is 25.3 Å². The molecule has 1 aromatic heterocycles. The first-order chi connectivity index (χ1) is 16.9. The zero-order valence-electron chi connectivity index (χ0n) is 19.1. The van der Waals surface area contributed by atoms with Crippen molar-refractivity contribution >= 4 is 62.4 Å². The minimum absolute atomic E-state index is 0.314. The number of carbonyl (C=O) groups is 1. The Bertz CT molecular complexity index is 1340. The van der Waals surface area contributed by atoms with Crippen LogP contribution in [0.5, 0.6) is 0 Å². The lowest BCUT2D eigenvalue weighted by atomic mass is 10.2. The van der Waals surface area contributed by atoms with Gasteiger partial charge in [-0.2, -0.15) is 0 Å². The third-order valence-corrected chi connectivity index (χ3v) is 11.3. The summed E-state index contributed by atoms with van der Waals surface area (Å²) in [6.07, 6.45) is 0. The van der Waals surface area contributed by atoms with E-state index in [9.17, 15) is 9.18 Å². The van der Waals surface area contributed by atoms with Crippen molar-refractivity contribution in [2.75, 3.05) is 40.5 Å². The van der Waals surface area contributed by atoms with E-state index < -0.39 is 13.3 Å². The number of methoxy groups -OCH3 is 1. The van der Waals surface area contributed by atoms with Gasteiger partial charge < -0.3 is 14.1 Å². The summed E-state index contributed by atoms with van der Waals surface area (Å²) >= 11 is 4.79. The first kappa shape index (κ1) is 24.3. The van der Waals surface area contributed by atoms with Gasteiger partial charge in [0.2, 0.25) is 0 Å². The van der Waals surface area contributed by atoms with Crippen LogP contribution in [0.4, 0.5) is 15.1 Å². The van der Waals surface area contributed by atoms with Gasteiger partial charge in [-0.25, -0.2) is 23.6 Å². The first-order valence-electron chi connectivity index (χ1n) is 10.9. The van der Waals surface area contributed by atoms with E-state index in [0.29, 0.717) is 42.0 Å². The molecule has 2 aliphatic heterocycles. The maximum absolute atomic E-state index is 13.7.